The number of ether oxygens (including phenoxy) is 1. The number of ketones is 1. The summed E-state index contributed by atoms with van der Waals surface area (Å²) in [4.78, 5) is 35.2. The minimum Gasteiger partial charge on any atom is -0.490 e. The van der Waals surface area contributed by atoms with E-state index >= 15 is 0 Å². The molecule has 0 aliphatic carbocycles. The highest BCUT2D eigenvalue weighted by Crippen LogP contribution is 2.37. The van der Waals surface area contributed by atoms with Crippen LogP contribution in [0, 0.1) is 0 Å². The second kappa shape index (κ2) is 7.81. The number of thiazole rings is 1. The summed E-state index contributed by atoms with van der Waals surface area (Å²) in [6.07, 6.45) is 0. The van der Waals surface area contributed by atoms with E-state index in [1.165, 1.54) is 18.3 Å². The highest BCUT2D eigenvalue weighted by Gasteiger charge is 2.25. The minimum absolute atomic E-state index is 0.0762. The Morgan fingerprint density at radius 1 is 1.10 bits per heavy atom. The Kier molecular flexibility index (Phi) is 4.83. The molecule has 7 nitrogen and oxygen atoms in total. The Labute approximate surface area is 182 Å². The molecule has 4 aromatic rings. The van der Waals surface area contributed by atoms with Crippen LogP contribution in [0.5, 0.6) is 5.75 Å². The summed E-state index contributed by atoms with van der Waals surface area (Å²) in [5.41, 5.74) is 2.73. The molecule has 2 aromatic carbocycles. The standard InChI is InChI=1S/C23H18N4O3S/c1-14(28)18-13-31-22(25-18)16-6-8-20-19(12-16)27(10-11-30-20)23(29)26-21-9-7-15-4-2-3-5-17(15)24-21/h2-9,12-13H,10-11H2,1H3,(H,24,26,29). The molecule has 0 bridgehead atoms. The summed E-state index contributed by atoms with van der Waals surface area (Å²) >= 11 is 1.39. The first kappa shape index (κ1) is 19.2. The third-order valence-electron chi connectivity index (χ3n) is 5.01. The quantitative estimate of drug-likeness (QED) is 0.463. The van der Waals surface area contributed by atoms with Crippen LogP contribution in [0.15, 0.2) is 60.0 Å². The molecular weight excluding hydrogens is 412 g/mol. The summed E-state index contributed by atoms with van der Waals surface area (Å²) in [5.74, 6) is 1.03. The number of hydrogen-bond donors (Lipinski definition) is 1. The van der Waals surface area contributed by atoms with Gasteiger partial charge in [0.1, 0.15) is 28.9 Å². The Bertz CT molecular complexity index is 1320. The third-order valence-corrected chi connectivity index (χ3v) is 5.90. The van der Waals surface area contributed by atoms with Crippen molar-refractivity contribution in [3.8, 4) is 16.3 Å². The molecule has 1 aliphatic rings. The van der Waals surface area contributed by atoms with Crippen molar-refractivity contribution < 1.29 is 14.3 Å². The Hall–Kier alpha value is -3.78. The van der Waals surface area contributed by atoms with Crippen LogP contribution < -0.4 is 15.0 Å². The van der Waals surface area contributed by atoms with Gasteiger partial charge >= 0.3 is 6.03 Å². The topological polar surface area (TPSA) is 84.4 Å². The Morgan fingerprint density at radius 2 is 1.97 bits per heavy atom. The molecule has 8 heteroatoms. The molecule has 0 radical (unpaired) electrons. The molecule has 0 fully saturated rings. The molecule has 154 valence electrons. The van der Waals surface area contributed by atoms with Crippen molar-refractivity contribution in [2.45, 2.75) is 6.92 Å². The largest absolute Gasteiger partial charge is 0.490 e. The minimum atomic E-state index is -0.284. The predicted molar refractivity (Wildman–Crippen MR) is 121 cm³/mol. The number of nitrogens with one attached hydrogen (secondary N) is 1. The lowest BCUT2D eigenvalue weighted by Gasteiger charge is -2.29. The van der Waals surface area contributed by atoms with Crippen molar-refractivity contribution in [1.29, 1.82) is 0 Å². The molecule has 31 heavy (non-hydrogen) atoms. The Morgan fingerprint density at radius 3 is 2.81 bits per heavy atom. The smallest absolute Gasteiger partial charge is 0.327 e. The number of anilines is 2. The fraction of sp³-hybridized carbons (Fsp3) is 0.130. The molecule has 0 atom stereocenters. The van der Waals surface area contributed by atoms with E-state index in [0.717, 1.165) is 21.5 Å². The van der Waals surface area contributed by atoms with Crippen LogP contribution >= 0.6 is 11.3 Å². The number of pyridine rings is 1. The van der Waals surface area contributed by atoms with E-state index in [0.29, 0.717) is 36.1 Å². The van der Waals surface area contributed by atoms with Gasteiger partial charge in [-0.3, -0.25) is 15.0 Å². The molecule has 2 aromatic heterocycles. The maximum atomic E-state index is 13.1. The number of aromatic nitrogens is 2. The number of nitrogens with zero attached hydrogens (tertiary/aromatic N) is 3. The van der Waals surface area contributed by atoms with E-state index in [4.69, 9.17) is 4.74 Å². The number of hydrogen-bond acceptors (Lipinski definition) is 6. The number of Topliss-reactive ketones (excluding diaryl/α,β-unsaturated/α-hetero) is 1. The van der Waals surface area contributed by atoms with Gasteiger partial charge in [0.15, 0.2) is 5.78 Å². The fourth-order valence-corrected chi connectivity index (χ4v) is 4.30. The molecule has 0 saturated heterocycles. The second-order valence-electron chi connectivity index (χ2n) is 7.10. The fourth-order valence-electron chi connectivity index (χ4n) is 3.44. The predicted octanol–water partition coefficient (Wildman–Crippen LogP) is 4.99. The molecule has 3 heterocycles. The molecule has 0 spiro atoms. The molecule has 1 N–H and O–H groups in total. The van der Waals surface area contributed by atoms with Gasteiger partial charge in [0.25, 0.3) is 0 Å². The van der Waals surface area contributed by atoms with Crippen molar-refractivity contribution in [2.75, 3.05) is 23.4 Å². The molecule has 2 amide bonds. The van der Waals surface area contributed by atoms with Crippen LogP contribution in [0.4, 0.5) is 16.3 Å². The van der Waals surface area contributed by atoms with Gasteiger partial charge in [-0.2, -0.15) is 0 Å². The van der Waals surface area contributed by atoms with Gasteiger partial charge in [-0.25, -0.2) is 14.8 Å². The van der Waals surface area contributed by atoms with Gasteiger partial charge in [0.05, 0.1) is 17.7 Å². The first-order chi connectivity index (χ1) is 15.1. The van der Waals surface area contributed by atoms with Crippen molar-refractivity contribution in [1.82, 2.24) is 9.97 Å². The van der Waals surface area contributed by atoms with Gasteiger partial charge in [0.2, 0.25) is 0 Å². The van der Waals surface area contributed by atoms with E-state index in [1.807, 2.05) is 48.5 Å². The zero-order chi connectivity index (χ0) is 21.4. The highest BCUT2D eigenvalue weighted by molar-refractivity contribution is 7.13. The van der Waals surface area contributed by atoms with Gasteiger partial charge in [-0.05, 0) is 36.4 Å². The van der Waals surface area contributed by atoms with E-state index in [1.54, 1.807) is 16.3 Å². The summed E-state index contributed by atoms with van der Waals surface area (Å²) < 4.78 is 5.74. The van der Waals surface area contributed by atoms with E-state index in [2.05, 4.69) is 15.3 Å². The second-order valence-corrected chi connectivity index (χ2v) is 7.95. The third kappa shape index (κ3) is 3.73. The van der Waals surface area contributed by atoms with E-state index in [9.17, 15) is 9.59 Å². The number of carbonyl (C=O) groups excluding carboxylic acids is 2. The average molecular weight is 430 g/mol. The number of rotatable bonds is 3. The molecule has 0 unspecified atom stereocenters. The number of benzene rings is 2. The summed E-state index contributed by atoms with van der Waals surface area (Å²) in [6, 6.07) is 16.8. The van der Waals surface area contributed by atoms with Crippen LogP contribution in [0.3, 0.4) is 0 Å². The van der Waals surface area contributed by atoms with Crippen LogP contribution in [0.2, 0.25) is 0 Å². The molecular formula is C23H18N4O3S. The van der Waals surface area contributed by atoms with Crippen LogP contribution in [0.1, 0.15) is 17.4 Å². The maximum absolute atomic E-state index is 13.1. The molecule has 5 rings (SSSR count). The first-order valence-corrected chi connectivity index (χ1v) is 10.6. The first-order valence-electron chi connectivity index (χ1n) is 9.76. The van der Waals surface area contributed by atoms with Crippen LogP contribution in [-0.2, 0) is 0 Å². The average Bonchev–Trinajstić information content (AvgIpc) is 3.29. The summed E-state index contributed by atoms with van der Waals surface area (Å²) in [7, 11) is 0. The lowest BCUT2D eigenvalue weighted by atomic mass is 10.1. The number of urea groups is 1. The van der Waals surface area contributed by atoms with Crippen LogP contribution in [0.25, 0.3) is 21.5 Å². The van der Waals surface area contributed by atoms with E-state index in [-0.39, 0.29) is 11.8 Å². The summed E-state index contributed by atoms with van der Waals surface area (Å²) in [6.45, 7) is 2.30. The molecule has 0 saturated carbocycles. The van der Waals surface area contributed by atoms with Crippen molar-refractivity contribution in [3.63, 3.8) is 0 Å². The van der Waals surface area contributed by atoms with Gasteiger partial charge in [-0.15, -0.1) is 11.3 Å². The van der Waals surface area contributed by atoms with Gasteiger partial charge in [0, 0.05) is 23.3 Å². The Balaban J connectivity index is 1.43. The normalized spacial score (nSPS) is 12.9. The van der Waals surface area contributed by atoms with Crippen LogP contribution in [-0.4, -0.2) is 34.9 Å². The van der Waals surface area contributed by atoms with Crippen molar-refractivity contribution in [3.05, 3.63) is 65.7 Å². The number of amides is 2. The zero-order valence-electron chi connectivity index (χ0n) is 16.7. The van der Waals surface area contributed by atoms with E-state index < -0.39 is 0 Å². The highest BCUT2D eigenvalue weighted by atomic mass is 32.1. The monoisotopic (exact) mass is 430 g/mol. The SMILES string of the molecule is CC(=O)c1csc(-c2ccc3c(c2)N(C(=O)Nc2ccc4ccccc4n2)CCO3)n1. The summed E-state index contributed by atoms with van der Waals surface area (Å²) in [5, 5.41) is 6.35. The molecule has 1 aliphatic heterocycles. The number of fused-ring (bicyclic) bond motifs is 2. The number of para-hydroxylation sites is 1. The van der Waals surface area contributed by atoms with Crippen molar-refractivity contribution in [2.24, 2.45) is 0 Å². The lowest BCUT2D eigenvalue weighted by Crippen LogP contribution is -2.40. The van der Waals surface area contributed by atoms with Crippen molar-refractivity contribution >= 4 is 45.6 Å². The van der Waals surface area contributed by atoms with Gasteiger partial charge < -0.3 is 4.74 Å². The lowest BCUT2D eigenvalue weighted by molar-refractivity contribution is 0.101. The number of carbonyl (C=O) groups is 2. The maximum Gasteiger partial charge on any atom is 0.327 e. The zero-order valence-corrected chi connectivity index (χ0v) is 17.5. The van der Waals surface area contributed by atoms with Gasteiger partial charge in [-0.1, -0.05) is 18.2 Å².